The fraction of sp³-hybridized carbons (Fsp3) is 0.353. The number of thioether (sulfide) groups is 1. The number of aromatic amines is 1. The molecule has 0 spiro atoms. The molecule has 1 heterocycles. The molecule has 0 aliphatic heterocycles. The third-order valence-electron chi connectivity index (χ3n) is 3.14. The van der Waals surface area contributed by atoms with Crippen LogP contribution in [0.4, 0.5) is 0 Å². The van der Waals surface area contributed by atoms with Gasteiger partial charge in [-0.2, -0.15) is 5.26 Å². The Labute approximate surface area is 158 Å². The highest BCUT2D eigenvalue weighted by Gasteiger charge is 2.19. The third-order valence-corrected chi connectivity index (χ3v) is 4.31. The van der Waals surface area contributed by atoms with Gasteiger partial charge >= 0.3 is 0 Å². The monoisotopic (exact) mass is 423 g/mol. The van der Waals surface area contributed by atoms with E-state index < -0.39 is 5.56 Å². The Kier molecular flexibility index (Phi) is 6.51. The highest BCUT2D eigenvalue weighted by Crippen LogP contribution is 2.40. The molecule has 1 aromatic heterocycles. The maximum Gasteiger partial charge on any atom is 0.270 e. The van der Waals surface area contributed by atoms with Crippen LogP contribution in [0.2, 0.25) is 0 Å². The van der Waals surface area contributed by atoms with Gasteiger partial charge in [0.25, 0.3) is 5.56 Å². The van der Waals surface area contributed by atoms with Crippen LogP contribution in [0.15, 0.2) is 26.6 Å². The summed E-state index contributed by atoms with van der Waals surface area (Å²) in [6.07, 6.45) is 1.77. The fourth-order valence-electron chi connectivity index (χ4n) is 2.18. The number of benzene rings is 1. The Bertz CT molecular complexity index is 875. The summed E-state index contributed by atoms with van der Waals surface area (Å²) >= 11 is 4.79. The van der Waals surface area contributed by atoms with Crippen molar-refractivity contribution in [1.29, 1.82) is 5.26 Å². The van der Waals surface area contributed by atoms with E-state index in [1.165, 1.54) is 11.8 Å². The minimum absolute atomic E-state index is 0.0307. The van der Waals surface area contributed by atoms with Crippen LogP contribution in [0.5, 0.6) is 11.5 Å². The second-order valence-corrected chi connectivity index (χ2v) is 6.94. The van der Waals surface area contributed by atoms with Crippen molar-refractivity contribution in [2.45, 2.75) is 32.0 Å². The van der Waals surface area contributed by atoms with Gasteiger partial charge in [-0.25, -0.2) is 4.98 Å². The van der Waals surface area contributed by atoms with E-state index in [0.717, 1.165) is 0 Å². The molecular formula is C17H18BrN3O3S. The summed E-state index contributed by atoms with van der Waals surface area (Å²) in [6, 6.07) is 5.43. The van der Waals surface area contributed by atoms with E-state index >= 15 is 0 Å². The number of halogens is 1. The van der Waals surface area contributed by atoms with Gasteiger partial charge in [-0.15, -0.1) is 0 Å². The first-order valence-electron chi connectivity index (χ1n) is 7.63. The molecular weight excluding hydrogens is 406 g/mol. The van der Waals surface area contributed by atoms with Gasteiger partial charge in [0.2, 0.25) is 0 Å². The van der Waals surface area contributed by atoms with Gasteiger partial charge < -0.3 is 14.5 Å². The molecule has 1 N–H and O–H groups in total. The quantitative estimate of drug-likeness (QED) is 0.558. The number of nitrogens with zero attached hydrogens (tertiary/aromatic N) is 2. The zero-order valence-corrected chi connectivity index (χ0v) is 16.7. The number of nitrogens with one attached hydrogen (secondary N) is 1. The molecule has 0 unspecified atom stereocenters. The molecule has 0 aliphatic carbocycles. The van der Waals surface area contributed by atoms with Crippen LogP contribution in [-0.4, -0.2) is 28.9 Å². The molecule has 0 amide bonds. The zero-order valence-electron chi connectivity index (χ0n) is 14.3. The number of nitriles is 1. The number of ether oxygens (including phenoxy) is 2. The van der Waals surface area contributed by atoms with E-state index in [4.69, 9.17) is 9.47 Å². The van der Waals surface area contributed by atoms with Gasteiger partial charge in [0, 0.05) is 5.56 Å². The summed E-state index contributed by atoms with van der Waals surface area (Å²) in [5.41, 5.74) is 0.413. The molecule has 0 atom stereocenters. The molecule has 6 nitrogen and oxygen atoms in total. The van der Waals surface area contributed by atoms with Crippen LogP contribution in [-0.2, 0) is 0 Å². The topological polar surface area (TPSA) is 88.0 Å². The minimum atomic E-state index is -0.464. The van der Waals surface area contributed by atoms with Crippen molar-refractivity contribution in [1.82, 2.24) is 9.97 Å². The lowest BCUT2D eigenvalue weighted by atomic mass is 10.1. The molecule has 25 heavy (non-hydrogen) atoms. The Balaban J connectivity index is 2.70. The number of hydrogen-bond acceptors (Lipinski definition) is 6. The van der Waals surface area contributed by atoms with Crippen molar-refractivity contribution in [3.05, 3.63) is 32.5 Å². The Hall–Kier alpha value is -1.98. The molecule has 132 valence electrons. The molecule has 2 aromatic rings. The van der Waals surface area contributed by atoms with Crippen LogP contribution in [0.1, 0.15) is 26.3 Å². The van der Waals surface area contributed by atoms with E-state index in [9.17, 15) is 10.1 Å². The van der Waals surface area contributed by atoms with Crippen LogP contribution < -0.4 is 15.0 Å². The van der Waals surface area contributed by atoms with Gasteiger partial charge in [0.15, 0.2) is 16.7 Å². The molecule has 0 saturated heterocycles. The van der Waals surface area contributed by atoms with Crippen LogP contribution in [0, 0.1) is 11.3 Å². The van der Waals surface area contributed by atoms with E-state index in [-0.39, 0.29) is 11.7 Å². The third kappa shape index (κ3) is 4.35. The first kappa shape index (κ1) is 19.3. The Morgan fingerprint density at radius 1 is 1.44 bits per heavy atom. The predicted octanol–water partition coefficient (Wildman–Crippen LogP) is 3.98. The molecule has 0 bridgehead atoms. The van der Waals surface area contributed by atoms with Gasteiger partial charge in [0.1, 0.15) is 11.6 Å². The molecule has 2 rings (SSSR count). The number of rotatable bonds is 6. The van der Waals surface area contributed by atoms with Crippen molar-refractivity contribution >= 4 is 27.7 Å². The van der Waals surface area contributed by atoms with E-state index in [1.54, 1.807) is 18.4 Å². The number of H-pyrrole nitrogens is 1. The van der Waals surface area contributed by atoms with Gasteiger partial charge in [-0.1, -0.05) is 11.8 Å². The van der Waals surface area contributed by atoms with Crippen molar-refractivity contribution in [3.8, 4) is 28.8 Å². The maximum absolute atomic E-state index is 12.1. The number of hydrogen-bond donors (Lipinski definition) is 1. The second-order valence-electron chi connectivity index (χ2n) is 5.30. The lowest BCUT2D eigenvalue weighted by molar-refractivity contribution is 0.222. The highest BCUT2D eigenvalue weighted by molar-refractivity contribution is 9.10. The van der Waals surface area contributed by atoms with Gasteiger partial charge in [-0.3, -0.25) is 4.79 Å². The zero-order chi connectivity index (χ0) is 18.6. The molecule has 0 radical (unpaired) electrons. The van der Waals surface area contributed by atoms with Crippen LogP contribution in [0.25, 0.3) is 11.3 Å². The standard InChI is InChI=1S/C17H18BrN3O3S/c1-5-23-13-7-10(6-12(18)15(13)24-9(2)3)14-11(8-19)16(22)21-17(20-14)25-4/h6-7,9H,5H2,1-4H3,(H,20,21,22). The maximum atomic E-state index is 12.1. The number of aromatic nitrogens is 2. The van der Waals surface area contributed by atoms with Crippen LogP contribution in [0.3, 0.4) is 0 Å². The van der Waals surface area contributed by atoms with Crippen molar-refractivity contribution < 1.29 is 9.47 Å². The summed E-state index contributed by atoms with van der Waals surface area (Å²) in [6.45, 7) is 6.17. The van der Waals surface area contributed by atoms with Crippen molar-refractivity contribution in [2.24, 2.45) is 0 Å². The average molecular weight is 424 g/mol. The van der Waals surface area contributed by atoms with Gasteiger partial charge in [0.05, 0.1) is 22.9 Å². The molecule has 0 aliphatic rings. The lowest BCUT2D eigenvalue weighted by Crippen LogP contribution is -2.14. The normalized spacial score (nSPS) is 10.6. The summed E-state index contributed by atoms with van der Waals surface area (Å²) in [4.78, 5) is 19.1. The SMILES string of the molecule is CCOc1cc(-c2nc(SC)[nH]c(=O)c2C#N)cc(Br)c1OC(C)C. The Morgan fingerprint density at radius 2 is 2.16 bits per heavy atom. The predicted molar refractivity (Wildman–Crippen MR) is 101 cm³/mol. The highest BCUT2D eigenvalue weighted by atomic mass is 79.9. The first-order valence-corrected chi connectivity index (χ1v) is 9.64. The first-order chi connectivity index (χ1) is 11.9. The molecule has 0 fully saturated rings. The smallest absolute Gasteiger partial charge is 0.270 e. The summed E-state index contributed by atoms with van der Waals surface area (Å²) < 4.78 is 12.2. The minimum Gasteiger partial charge on any atom is -0.490 e. The fourth-order valence-corrected chi connectivity index (χ4v) is 3.09. The van der Waals surface area contributed by atoms with Crippen molar-refractivity contribution in [3.63, 3.8) is 0 Å². The summed E-state index contributed by atoms with van der Waals surface area (Å²) in [5.74, 6) is 1.10. The average Bonchev–Trinajstić information content (AvgIpc) is 2.56. The van der Waals surface area contributed by atoms with Crippen LogP contribution >= 0.6 is 27.7 Å². The second kappa shape index (κ2) is 8.41. The lowest BCUT2D eigenvalue weighted by Gasteiger charge is -2.17. The summed E-state index contributed by atoms with van der Waals surface area (Å²) in [5, 5.41) is 9.80. The van der Waals surface area contributed by atoms with E-state index in [1.807, 2.05) is 26.8 Å². The molecule has 8 heteroatoms. The van der Waals surface area contributed by atoms with E-state index in [2.05, 4.69) is 25.9 Å². The van der Waals surface area contributed by atoms with Gasteiger partial charge in [-0.05, 0) is 55.1 Å². The molecule has 0 saturated carbocycles. The van der Waals surface area contributed by atoms with Crippen molar-refractivity contribution in [2.75, 3.05) is 12.9 Å². The molecule has 1 aromatic carbocycles. The summed E-state index contributed by atoms with van der Waals surface area (Å²) in [7, 11) is 0. The Morgan fingerprint density at radius 3 is 2.72 bits per heavy atom. The van der Waals surface area contributed by atoms with E-state index in [0.29, 0.717) is 39.0 Å². The largest absolute Gasteiger partial charge is 0.490 e.